The highest BCUT2D eigenvalue weighted by molar-refractivity contribution is 7.96. The molecule has 0 atom stereocenters. The number of methoxy groups -OCH3 is 1. The van der Waals surface area contributed by atoms with E-state index >= 15 is 0 Å². The zero-order valence-electron chi connectivity index (χ0n) is 15.1. The summed E-state index contributed by atoms with van der Waals surface area (Å²) in [6.07, 6.45) is 9.72. The molecule has 1 aromatic rings. The molecule has 26 heavy (non-hydrogen) atoms. The van der Waals surface area contributed by atoms with Gasteiger partial charge in [0.15, 0.2) is 0 Å². The third-order valence-electron chi connectivity index (χ3n) is 3.69. The molecule has 0 bridgehead atoms. The second kappa shape index (κ2) is 10.4. The van der Waals surface area contributed by atoms with Crippen LogP contribution in [0, 0.1) is 0 Å². The van der Waals surface area contributed by atoms with Gasteiger partial charge in [-0.25, -0.2) is 9.98 Å². The van der Waals surface area contributed by atoms with Crippen molar-refractivity contribution in [1.82, 2.24) is 0 Å². The normalized spacial score (nSPS) is 15.0. The van der Waals surface area contributed by atoms with Crippen LogP contribution in [0.3, 0.4) is 0 Å². The summed E-state index contributed by atoms with van der Waals surface area (Å²) in [5.41, 5.74) is 3.90. The third-order valence-corrected chi connectivity index (χ3v) is 4.19. The van der Waals surface area contributed by atoms with Crippen LogP contribution in [-0.4, -0.2) is 19.2 Å². The Labute approximate surface area is 159 Å². The van der Waals surface area contributed by atoms with Crippen molar-refractivity contribution in [3.05, 3.63) is 77.9 Å². The van der Waals surface area contributed by atoms with Gasteiger partial charge in [-0.3, -0.25) is 5.14 Å². The molecule has 0 spiro atoms. The van der Waals surface area contributed by atoms with E-state index in [1.807, 2.05) is 43.4 Å². The molecule has 1 aliphatic heterocycles. The Morgan fingerprint density at radius 2 is 2.31 bits per heavy atom. The number of nitrogens with one attached hydrogen (secondary N) is 1. The molecule has 0 unspecified atom stereocenters. The van der Waals surface area contributed by atoms with Crippen LogP contribution in [0.1, 0.15) is 18.9 Å². The lowest BCUT2D eigenvalue weighted by Gasteiger charge is -2.11. The highest BCUT2D eigenvalue weighted by Crippen LogP contribution is 2.20. The molecule has 0 radical (unpaired) electrons. The summed E-state index contributed by atoms with van der Waals surface area (Å²) in [4.78, 5) is 8.87. The number of allylic oxidation sites excluding steroid dienone is 5. The molecule has 0 saturated heterocycles. The fraction of sp³-hybridized carbons (Fsp3) is 0.200. The number of nitrogens with zero attached hydrogens (tertiary/aromatic N) is 2. The maximum Gasteiger partial charge on any atom is 0.128 e. The predicted molar refractivity (Wildman–Crippen MR) is 113 cm³/mol. The summed E-state index contributed by atoms with van der Waals surface area (Å²) in [5.74, 6) is 2.27. The van der Waals surface area contributed by atoms with Gasteiger partial charge in [0.2, 0.25) is 0 Å². The third kappa shape index (κ3) is 5.47. The van der Waals surface area contributed by atoms with Crippen LogP contribution in [0.5, 0.6) is 0 Å². The van der Waals surface area contributed by atoms with Gasteiger partial charge in [-0.05, 0) is 36.8 Å². The van der Waals surface area contributed by atoms with Crippen molar-refractivity contribution in [3.8, 4) is 0 Å². The van der Waals surface area contributed by atoms with Crippen molar-refractivity contribution < 1.29 is 4.74 Å². The predicted octanol–water partition coefficient (Wildman–Crippen LogP) is 4.58. The first kappa shape index (κ1) is 19.8. The minimum atomic E-state index is 0.626. The van der Waals surface area contributed by atoms with E-state index in [-0.39, 0.29) is 0 Å². The molecule has 0 aliphatic carbocycles. The molecule has 1 heterocycles. The minimum Gasteiger partial charge on any atom is -0.496 e. The van der Waals surface area contributed by atoms with Crippen LogP contribution in [0.15, 0.2) is 82.3 Å². The van der Waals surface area contributed by atoms with Crippen molar-refractivity contribution in [3.63, 3.8) is 0 Å². The molecule has 0 aromatic heterocycles. The lowest BCUT2D eigenvalue weighted by molar-refractivity contribution is 0.303. The van der Waals surface area contributed by atoms with Crippen molar-refractivity contribution in [2.45, 2.75) is 19.1 Å². The first-order valence-corrected chi connectivity index (χ1v) is 9.27. The monoisotopic (exact) mass is 368 g/mol. The maximum atomic E-state index is 5.55. The largest absolute Gasteiger partial charge is 0.496 e. The molecule has 2 rings (SSSR count). The Morgan fingerprint density at radius 1 is 1.46 bits per heavy atom. The van der Waals surface area contributed by atoms with Crippen LogP contribution in [-0.2, 0) is 10.5 Å². The Kier molecular flexibility index (Phi) is 7.92. The summed E-state index contributed by atoms with van der Waals surface area (Å²) in [6.45, 7) is 5.70. The number of ether oxygens (including phenoxy) is 1. The van der Waals surface area contributed by atoms with Gasteiger partial charge in [0.05, 0.1) is 12.8 Å². The molecule has 1 aromatic carbocycles. The number of nitrogens with two attached hydrogens (primary N) is 1. The van der Waals surface area contributed by atoms with Crippen LogP contribution in [0.25, 0.3) is 0 Å². The van der Waals surface area contributed by atoms with Gasteiger partial charge in [-0.2, -0.15) is 0 Å². The van der Waals surface area contributed by atoms with E-state index in [2.05, 4.69) is 27.9 Å². The summed E-state index contributed by atoms with van der Waals surface area (Å²) < 4.78 is 5.44. The number of benzene rings is 1. The second-order valence-electron chi connectivity index (χ2n) is 5.42. The average molecular weight is 369 g/mol. The first-order valence-electron chi connectivity index (χ1n) is 8.22. The fourth-order valence-corrected chi connectivity index (χ4v) is 2.90. The lowest BCUT2D eigenvalue weighted by atomic mass is 10.0. The minimum absolute atomic E-state index is 0.626. The fourth-order valence-electron chi connectivity index (χ4n) is 2.53. The van der Waals surface area contributed by atoms with Gasteiger partial charge in [-0.15, -0.1) is 0 Å². The zero-order valence-corrected chi connectivity index (χ0v) is 15.9. The quantitative estimate of drug-likeness (QED) is 0.400. The smallest absolute Gasteiger partial charge is 0.128 e. The van der Waals surface area contributed by atoms with E-state index in [1.165, 1.54) is 11.9 Å². The standard InChI is InChI=1S/C20H24N4OS/c1-4-7-17(19(5-2)25-3)18-10-11-20(23-14-22-18)24-16-9-6-8-15(12-16)13-26-21/h4-9,11-12,14,24H,1,10,13,21H2,2-3H3/b17-7-,19-5+. The van der Waals surface area contributed by atoms with E-state index in [1.54, 1.807) is 19.5 Å². The molecule has 3 N–H and O–H groups in total. The molecule has 0 saturated carbocycles. The molecular weight excluding hydrogens is 344 g/mol. The highest BCUT2D eigenvalue weighted by Gasteiger charge is 2.13. The topological polar surface area (TPSA) is 72.0 Å². The summed E-state index contributed by atoms with van der Waals surface area (Å²) >= 11 is 1.31. The molecule has 0 amide bonds. The Hall–Kier alpha value is -2.57. The molecule has 0 fully saturated rings. The zero-order chi connectivity index (χ0) is 18.8. The van der Waals surface area contributed by atoms with Crippen LogP contribution in [0.2, 0.25) is 0 Å². The van der Waals surface area contributed by atoms with Crippen LogP contribution >= 0.6 is 11.9 Å². The Morgan fingerprint density at radius 3 is 3.00 bits per heavy atom. The molecule has 1 aliphatic rings. The van der Waals surface area contributed by atoms with E-state index in [0.29, 0.717) is 6.42 Å². The number of anilines is 1. The summed E-state index contributed by atoms with van der Waals surface area (Å²) in [6, 6.07) is 8.11. The average Bonchev–Trinajstić information content (AvgIpc) is 2.88. The van der Waals surface area contributed by atoms with Gasteiger partial charge in [0.1, 0.15) is 17.9 Å². The molecule has 136 valence electrons. The lowest BCUT2D eigenvalue weighted by Crippen LogP contribution is -2.06. The van der Waals surface area contributed by atoms with Gasteiger partial charge in [0.25, 0.3) is 0 Å². The first-order chi connectivity index (χ1) is 12.7. The van der Waals surface area contributed by atoms with E-state index in [9.17, 15) is 0 Å². The summed E-state index contributed by atoms with van der Waals surface area (Å²) in [7, 11) is 1.65. The molecule has 5 nitrogen and oxygen atoms in total. The summed E-state index contributed by atoms with van der Waals surface area (Å²) in [5, 5.41) is 8.87. The SMILES string of the molecule is C=C/C=C(C1=NC=NC(Nc2cccc(CSN)c2)=CC1)\C(=C/C)OC. The van der Waals surface area contributed by atoms with E-state index < -0.39 is 0 Å². The van der Waals surface area contributed by atoms with Crippen molar-refractivity contribution in [1.29, 1.82) is 0 Å². The maximum absolute atomic E-state index is 5.55. The van der Waals surface area contributed by atoms with Gasteiger partial charge < -0.3 is 10.1 Å². The van der Waals surface area contributed by atoms with E-state index in [0.717, 1.165) is 39.9 Å². The van der Waals surface area contributed by atoms with Crippen molar-refractivity contribution >= 4 is 29.7 Å². The molecular formula is C20H24N4OS. The number of aliphatic imine (C=N–C) groups is 2. The van der Waals surface area contributed by atoms with Gasteiger partial charge in [-0.1, -0.05) is 42.8 Å². The van der Waals surface area contributed by atoms with E-state index in [4.69, 9.17) is 9.88 Å². The number of hydrogen-bond donors (Lipinski definition) is 2. The van der Waals surface area contributed by atoms with Crippen LogP contribution in [0.4, 0.5) is 5.69 Å². The van der Waals surface area contributed by atoms with Gasteiger partial charge >= 0.3 is 0 Å². The molecule has 6 heteroatoms. The Bertz CT molecular complexity index is 791. The van der Waals surface area contributed by atoms with Crippen LogP contribution < -0.4 is 10.5 Å². The Balaban J connectivity index is 2.16. The van der Waals surface area contributed by atoms with Crippen molar-refractivity contribution in [2.75, 3.05) is 12.4 Å². The van der Waals surface area contributed by atoms with Gasteiger partial charge in [0, 0.05) is 23.4 Å². The van der Waals surface area contributed by atoms with Crippen molar-refractivity contribution in [2.24, 2.45) is 15.1 Å². The highest BCUT2D eigenvalue weighted by atomic mass is 32.2. The second-order valence-corrected chi connectivity index (χ2v) is 6.05. The number of rotatable bonds is 8. The number of hydrogen-bond acceptors (Lipinski definition) is 6.